The van der Waals surface area contributed by atoms with Crippen LogP contribution in [0.3, 0.4) is 0 Å². The van der Waals surface area contributed by atoms with Gasteiger partial charge in [0.15, 0.2) is 0 Å². The van der Waals surface area contributed by atoms with Gasteiger partial charge in [-0.1, -0.05) is 18.2 Å². The van der Waals surface area contributed by atoms with Crippen LogP contribution in [0.5, 0.6) is 0 Å². The van der Waals surface area contributed by atoms with Crippen molar-refractivity contribution < 1.29 is 4.79 Å². The first-order valence-electron chi connectivity index (χ1n) is 4.42. The maximum Gasteiger partial charge on any atom is 0.120 e. The fourth-order valence-corrected chi connectivity index (χ4v) is 1.01. The number of hydrogen-bond donors (Lipinski definition) is 0. The maximum absolute atomic E-state index is 9.99. The number of allylic oxidation sites excluding steroid dienone is 2. The van der Waals surface area contributed by atoms with Crippen LogP contribution >= 0.6 is 0 Å². The Morgan fingerprint density at radius 3 is 2.85 bits per heavy atom. The Hall–Kier alpha value is -1.44. The molecule has 0 unspecified atom stereocenters. The number of aromatic nitrogens is 1. The molecule has 2 heteroatoms. The van der Waals surface area contributed by atoms with Gasteiger partial charge in [-0.25, -0.2) is 0 Å². The zero-order valence-electron chi connectivity index (χ0n) is 7.52. The third kappa shape index (κ3) is 4.21. The smallest absolute Gasteiger partial charge is 0.120 e. The van der Waals surface area contributed by atoms with E-state index in [1.165, 1.54) is 0 Å². The number of carbonyl (C=O) groups excluding carboxylic acids is 1. The maximum atomic E-state index is 9.99. The molecule has 0 N–H and O–H groups in total. The molecule has 0 fully saturated rings. The fourth-order valence-electron chi connectivity index (χ4n) is 1.01. The van der Waals surface area contributed by atoms with Crippen LogP contribution in [0.2, 0.25) is 0 Å². The molecule has 0 saturated heterocycles. The first-order valence-corrected chi connectivity index (χ1v) is 4.42. The normalized spacial score (nSPS) is 10.5. The molecular formula is C11H13NO. The molecule has 0 spiro atoms. The molecule has 0 aliphatic carbocycles. The molecule has 13 heavy (non-hydrogen) atoms. The van der Waals surface area contributed by atoms with E-state index in [1.807, 2.05) is 30.4 Å². The highest BCUT2D eigenvalue weighted by Gasteiger charge is 1.86. The molecule has 1 heterocycles. The first kappa shape index (κ1) is 9.65. The molecule has 1 aromatic rings. The summed E-state index contributed by atoms with van der Waals surface area (Å²) in [6, 6.07) is 5.87. The van der Waals surface area contributed by atoms with Crippen molar-refractivity contribution in [3.8, 4) is 0 Å². The van der Waals surface area contributed by atoms with E-state index in [4.69, 9.17) is 0 Å². The molecule has 0 amide bonds. The molecule has 0 atom stereocenters. The second-order valence-electron chi connectivity index (χ2n) is 2.74. The molecule has 2 nitrogen and oxygen atoms in total. The van der Waals surface area contributed by atoms with E-state index in [1.54, 1.807) is 6.20 Å². The summed E-state index contributed by atoms with van der Waals surface area (Å²) < 4.78 is 0. The van der Waals surface area contributed by atoms with Crippen LogP contribution in [0.25, 0.3) is 0 Å². The second-order valence-corrected chi connectivity index (χ2v) is 2.74. The Balaban J connectivity index is 2.26. The zero-order chi connectivity index (χ0) is 9.36. The highest BCUT2D eigenvalue weighted by molar-refractivity contribution is 5.49. The topological polar surface area (TPSA) is 30.0 Å². The number of aldehydes is 1. The summed E-state index contributed by atoms with van der Waals surface area (Å²) in [5, 5.41) is 0. The fraction of sp³-hybridized carbons (Fsp3) is 0.273. The molecule has 0 aliphatic rings. The van der Waals surface area contributed by atoms with Gasteiger partial charge in [0.05, 0.1) is 0 Å². The number of nitrogens with zero attached hydrogens (tertiary/aromatic N) is 1. The summed E-state index contributed by atoms with van der Waals surface area (Å²) in [6.07, 6.45) is 9.07. The van der Waals surface area contributed by atoms with Crippen molar-refractivity contribution in [2.24, 2.45) is 0 Å². The van der Waals surface area contributed by atoms with Crippen LogP contribution in [-0.2, 0) is 11.2 Å². The molecule has 0 bridgehead atoms. The Kier molecular flexibility index (Phi) is 4.54. The van der Waals surface area contributed by atoms with Crippen LogP contribution < -0.4 is 0 Å². The number of hydrogen-bond acceptors (Lipinski definition) is 2. The Morgan fingerprint density at radius 1 is 1.23 bits per heavy atom. The van der Waals surface area contributed by atoms with Crippen LogP contribution in [0, 0.1) is 0 Å². The number of pyridine rings is 1. The number of unbranched alkanes of at least 4 members (excludes halogenated alkanes) is 1. The Labute approximate surface area is 78.3 Å². The van der Waals surface area contributed by atoms with Gasteiger partial charge >= 0.3 is 0 Å². The molecule has 0 radical (unpaired) electrons. The minimum absolute atomic E-state index is 0.610. The summed E-state index contributed by atoms with van der Waals surface area (Å²) in [4.78, 5) is 14.2. The SMILES string of the molecule is O=CCC/C=C/Cc1ccccn1. The largest absolute Gasteiger partial charge is 0.303 e. The van der Waals surface area contributed by atoms with Crippen molar-refractivity contribution in [3.63, 3.8) is 0 Å². The number of carbonyl (C=O) groups is 1. The second kappa shape index (κ2) is 6.12. The van der Waals surface area contributed by atoms with Crippen LogP contribution in [0.1, 0.15) is 18.5 Å². The van der Waals surface area contributed by atoms with Gasteiger partial charge in [-0.05, 0) is 18.6 Å². The van der Waals surface area contributed by atoms with Gasteiger partial charge in [0, 0.05) is 24.7 Å². The van der Waals surface area contributed by atoms with Gasteiger partial charge in [-0.3, -0.25) is 4.98 Å². The van der Waals surface area contributed by atoms with Gasteiger partial charge in [-0.2, -0.15) is 0 Å². The van der Waals surface area contributed by atoms with Crippen LogP contribution in [-0.4, -0.2) is 11.3 Å². The predicted octanol–water partition coefficient (Wildman–Crippen LogP) is 2.16. The lowest BCUT2D eigenvalue weighted by atomic mass is 10.2. The molecular weight excluding hydrogens is 162 g/mol. The van der Waals surface area contributed by atoms with E-state index in [9.17, 15) is 4.79 Å². The van der Waals surface area contributed by atoms with Gasteiger partial charge in [0.25, 0.3) is 0 Å². The molecule has 1 aromatic heterocycles. The van der Waals surface area contributed by atoms with E-state index < -0.39 is 0 Å². The molecule has 0 aliphatic heterocycles. The average Bonchev–Trinajstić information content (AvgIpc) is 2.19. The summed E-state index contributed by atoms with van der Waals surface area (Å²) in [6.45, 7) is 0. The van der Waals surface area contributed by atoms with Crippen LogP contribution in [0.4, 0.5) is 0 Å². The van der Waals surface area contributed by atoms with Gasteiger partial charge in [-0.15, -0.1) is 0 Å². The first-order chi connectivity index (χ1) is 6.43. The highest BCUT2D eigenvalue weighted by Crippen LogP contribution is 1.96. The van der Waals surface area contributed by atoms with E-state index >= 15 is 0 Å². The Bertz CT molecular complexity index is 267. The minimum Gasteiger partial charge on any atom is -0.303 e. The van der Waals surface area contributed by atoms with E-state index in [0.29, 0.717) is 6.42 Å². The van der Waals surface area contributed by atoms with Gasteiger partial charge in [0.2, 0.25) is 0 Å². The lowest BCUT2D eigenvalue weighted by molar-refractivity contribution is -0.107. The molecule has 1 rings (SSSR count). The van der Waals surface area contributed by atoms with Crippen LogP contribution in [0.15, 0.2) is 36.5 Å². The van der Waals surface area contributed by atoms with E-state index in [2.05, 4.69) is 4.98 Å². The molecule has 0 saturated carbocycles. The van der Waals surface area contributed by atoms with E-state index in [-0.39, 0.29) is 0 Å². The van der Waals surface area contributed by atoms with Crippen molar-refractivity contribution in [3.05, 3.63) is 42.2 Å². The quantitative estimate of drug-likeness (QED) is 0.390. The summed E-state index contributed by atoms with van der Waals surface area (Å²) in [7, 11) is 0. The lowest BCUT2D eigenvalue weighted by Gasteiger charge is -1.92. The standard InChI is InChI=1S/C11H13NO/c13-10-6-2-1-3-7-11-8-4-5-9-12-11/h1,3-5,8-10H,2,6-7H2/b3-1+. The monoisotopic (exact) mass is 175 g/mol. The third-order valence-corrected chi connectivity index (χ3v) is 1.67. The molecule has 68 valence electrons. The predicted molar refractivity (Wildman–Crippen MR) is 52.4 cm³/mol. The van der Waals surface area contributed by atoms with Crippen molar-refractivity contribution >= 4 is 6.29 Å². The molecule has 0 aromatic carbocycles. The minimum atomic E-state index is 0.610. The highest BCUT2D eigenvalue weighted by atomic mass is 16.1. The summed E-state index contributed by atoms with van der Waals surface area (Å²) >= 11 is 0. The summed E-state index contributed by atoms with van der Waals surface area (Å²) in [5.74, 6) is 0. The van der Waals surface area contributed by atoms with Gasteiger partial charge < -0.3 is 4.79 Å². The lowest BCUT2D eigenvalue weighted by Crippen LogP contribution is -1.84. The zero-order valence-corrected chi connectivity index (χ0v) is 7.52. The summed E-state index contributed by atoms with van der Waals surface area (Å²) in [5.41, 5.74) is 1.06. The average molecular weight is 175 g/mol. The Morgan fingerprint density at radius 2 is 2.15 bits per heavy atom. The van der Waals surface area contributed by atoms with Crippen molar-refractivity contribution in [2.75, 3.05) is 0 Å². The van der Waals surface area contributed by atoms with Crippen molar-refractivity contribution in [2.45, 2.75) is 19.3 Å². The third-order valence-electron chi connectivity index (χ3n) is 1.67. The van der Waals surface area contributed by atoms with Crippen molar-refractivity contribution in [1.82, 2.24) is 4.98 Å². The van der Waals surface area contributed by atoms with Gasteiger partial charge in [0.1, 0.15) is 6.29 Å². The number of rotatable bonds is 5. The van der Waals surface area contributed by atoms with Crippen molar-refractivity contribution in [1.29, 1.82) is 0 Å². The van der Waals surface area contributed by atoms with E-state index in [0.717, 1.165) is 24.8 Å².